The fraction of sp³-hybridized carbons (Fsp3) is 0.143. The van der Waals surface area contributed by atoms with Crippen molar-refractivity contribution < 1.29 is 14.3 Å². The van der Waals surface area contributed by atoms with Crippen molar-refractivity contribution in [1.82, 2.24) is 4.98 Å². The highest BCUT2D eigenvalue weighted by Gasteiger charge is 2.07. The molecule has 0 saturated carbocycles. The first-order valence-electron chi connectivity index (χ1n) is 5.44. The van der Waals surface area contributed by atoms with Gasteiger partial charge in [-0.1, -0.05) is 18.2 Å². The summed E-state index contributed by atoms with van der Waals surface area (Å²) in [4.78, 5) is 15.8. The van der Waals surface area contributed by atoms with Crippen LogP contribution in [0.2, 0.25) is 0 Å². The molecular formula is C14H13NO3. The van der Waals surface area contributed by atoms with Crippen LogP contribution in [0.5, 0.6) is 5.88 Å². The molecule has 0 atom stereocenters. The number of carbonyl (C=O) groups is 1. The summed E-state index contributed by atoms with van der Waals surface area (Å²) in [6.07, 6.45) is 0. The molecule has 0 saturated heterocycles. The number of ether oxygens (including phenoxy) is 2. The highest BCUT2D eigenvalue weighted by molar-refractivity contribution is 5.90. The van der Waals surface area contributed by atoms with Crippen LogP contribution >= 0.6 is 0 Å². The van der Waals surface area contributed by atoms with Crippen LogP contribution in [0.1, 0.15) is 10.4 Å². The number of nitrogens with zero attached hydrogens (tertiary/aromatic N) is 1. The van der Waals surface area contributed by atoms with Gasteiger partial charge >= 0.3 is 5.97 Å². The number of carbonyl (C=O) groups excluding carboxylic acids is 1. The van der Waals surface area contributed by atoms with E-state index in [0.29, 0.717) is 11.4 Å². The first-order valence-corrected chi connectivity index (χ1v) is 5.44. The summed E-state index contributed by atoms with van der Waals surface area (Å²) < 4.78 is 9.76. The number of benzene rings is 1. The summed E-state index contributed by atoms with van der Waals surface area (Å²) in [5.41, 5.74) is 2.09. The largest absolute Gasteiger partial charge is 0.481 e. The number of methoxy groups -OCH3 is 2. The fourth-order valence-electron chi connectivity index (χ4n) is 1.61. The van der Waals surface area contributed by atoms with Gasteiger partial charge in [0.1, 0.15) is 0 Å². The van der Waals surface area contributed by atoms with Gasteiger partial charge in [-0.05, 0) is 18.2 Å². The molecule has 92 valence electrons. The zero-order chi connectivity index (χ0) is 13.0. The maximum Gasteiger partial charge on any atom is 0.337 e. The maximum atomic E-state index is 11.5. The molecule has 0 amide bonds. The molecule has 1 aromatic heterocycles. The van der Waals surface area contributed by atoms with E-state index in [1.807, 2.05) is 18.2 Å². The van der Waals surface area contributed by atoms with Crippen LogP contribution in [0, 0.1) is 0 Å². The number of pyridine rings is 1. The van der Waals surface area contributed by atoms with E-state index in [0.717, 1.165) is 11.3 Å². The summed E-state index contributed by atoms with van der Waals surface area (Å²) in [5, 5.41) is 0. The summed E-state index contributed by atoms with van der Waals surface area (Å²) in [7, 11) is 2.93. The Balaban J connectivity index is 2.41. The fourth-order valence-corrected chi connectivity index (χ4v) is 1.61. The molecule has 2 rings (SSSR count). The number of hydrogen-bond acceptors (Lipinski definition) is 4. The zero-order valence-corrected chi connectivity index (χ0v) is 10.2. The SMILES string of the molecule is COC(=O)c1cccc(-c2cccc(OC)n2)c1. The summed E-state index contributed by atoms with van der Waals surface area (Å²) >= 11 is 0. The van der Waals surface area contributed by atoms with Crippen molar-refractivity contribution in [2.45, 2.75) is 0 Å². The Morgan fingerprint density at radius 1 is 1.11 bits per heavy atom. The quantitative estimate of drug-likeness (QED) is 0.777. The number of rotatable bonds is 3. The smallest absolute Gasteiger partial charge is 0.337 e. The molecule has 0 fully saturated rings. The van der Waals surface area contributed by atoms with E-state index in [1.54, 1.807) is 31.4 Å². The minimum absolute atomic E-state index is 0.361. The molecule has 1 aromatic carbocycles. The Morgan fingerprint density at radius 3 is 2.61 bits per heavy atom. The second kappa shape index (κ2) is 5.31. The highest BCUT2D eigenvalue weighted by atomic mass is 16.5. The van der Waals surface area contributed by atoms with E-state index < -0.39 is 0 Å². The van der Waals surface area contributed by atoms with Crippen molar-refractivity contribution in [3.63, 3.8) is 0 Å². The lowest BCUT2D eigenvalue weighted by Gasteiger charge is -2.05. The molecule has 4 heteroatoms. The van der Waals surface area contributed by atoms with E-state index >= 15 is 0 Å². The predicted molar refractivity (Wildman–Crippen MR) is 67.6 cm³/mol. The third-order valence-corrected chi connectivity index (χ3v) is 2.51. The van der Waals surface area contributed by atoms with Crippen LogP contribution in [0.15, 0.2) is 42.5 Å². The van der Waals surface area contributed by atoms with Crippen molar-refractivity contribution in [1.29, 1.82) is 0 Å². The van der Waals surface area contributed by atoms with Crippen LogP contribution in [-0.4, -0.2) is 25.2 Å². The minimum atomic E-state index is -0.361. The molecule has 0 aliphatic heterocycles. The van der Waals surface area contributed by atoms with Crippen molar-refractivity contribution in [2.75, 3.05) is 14.2 Å². The first kappa shape index (κ1) is 12.1. The molecule has 0 aliphatic carbocycles. The third kappa shape index (κ3) is 2.48. The van der Waals surface area contributed by atoms with E-state index in [9.17, 15) is 4.79 Å². The second-order valence-electron chi connectivity index (χ2n) is 3.64. The minimum Gasteiger partial charge on any atom is -0.481 e. The van der Waals surface area contributed by atoms with Crippen LogP contribution in [0.3, 0.4) is 0 Å². The molecule has 1 heterocycles. The molecule has 0 aliphatic rings. The second-order valence-corrected chi connectivity index (χ2v) is 3.64. The zero-order valence-electron chi connectivity index (χ0n) is 10.2. The van der Waals surface area contributed by atoms with Crippen molar-refractivity contribution in [3.05, 3.63) is 48.0 Å². The van der Waals surface area contributed by atoms with Gasteiger partial charge in [0, 0.05) is 11.6 Å². The van der Waals surface area contributed by atoms with Gasteiger partial charge in [-0.25, -0.2) is 9.78 Å². The van der Waals surface area contributed by atoms with Gasteiger partial charge in [0.25, 0.3) is 0 Å². The topological polar surface area (TPSA) is 48.4 Å². The molecule has 0 unspecified atom stereocenters. The Bertz CT molecular complexity index is 566. The molecule has 0 bridgehead atoms. The number of aromatic nitrogens is 1. The van der Waals surface area contributed by atoms with Gasteiger partial charge in [0.15, 0.2) is 0 Å². The van der Waals surface area contributed by atoms with Gasteiger partial charge in [-0.15, -0.1) is 0 Å². The average Bonchev–Trinajstić information content (AvgIpc) is 2.46. The van der Waals surface area contributed by atoms with E-state index in [1.165, 1.54) is 7.11 Å². The van der Waals surface area contributed by atoms with Gasteiger partial charge in [0.05, 0.1) is 25.5 Å². The Kier molecular flexibility index (Phi) is 3.57. The van der Waals surface area contributed by atoms with Crippen LogP contribution in [-0.2, 0) is 4.74 Å². The number of hydrogen-bond donors (Lipinski definition) is 0. The van der Waals surface area contributed by atoms with Crippen molar-refractivity contribution >= 4 is 5.97 Å². The van der Waals surface area contributed by atoms with E-state index in [-0.39, 0.29) is 5.97 Å². The van der Waals surface area contributed by atoms with E-state index in [4.69, 9.17) is 4.74 Å². The normalized spacial score (nSPS) is 9.89. The Labute approximate surface area is 105 Å². The van der Waals surface area contributed by atoms with Crippen LogP contribution in [0.4, 0.5) is 0 Å². The molecular weight excluding hydrogens is 230 g/mol. The monoisotopic (exact) mass is 243 g/mol. The maximum absolute atomic E-state index is 11.5. The Hall–Kier alpha value is -2.36. The summed E-state index contributed by atoms with van der Waals surface area (Å²) in [6.45, 7) is 0. The summed E-state index contributed by atoms with van der Waals surface area (Å²) in [5.74, 6) is 0.177. The van der Waals surface area contributed by atoms with Crippen molar-refractivity contribution in [3.8, 4) is 17.1 Å². The van der Waals surface area contributed by atoms with Crippen LogP contribution in [0.25, 0.3) is 11.3 Å². The van der Waals surface area contributed by atoms with Gasteiger partial charge in [-0.3, -0.25) is 0 Å². The predicted octanol–water partition coefficient (Wildman–Crippen LogP) is 2.54. The first-order chi connectivity index (χ1) is 8.74. The lowest BCUT2D eigenvalue weighted by molar-refractivity contribution is 0.0601. The molecule has 2 aromatic rings. The highest BCUT2D eigenvalue weighted by Crippen LogP contribution is 2.21. The lowest BCUT2D eigenvalue weighted by Crippen LogP contribution is -2.01. The molecule has 18 heavy (non-hydrogen) atoms. The van der Waals surface area contributed by atoms with E-state index in [2.05, 4.69) is 9.72 Å². The molecule has 0 N–H and O–H groups in total. The Morgan fingerprint density at radius 2 is 1.89 bits per heavy atom. The molecule has 4 nitrogen and oxygen atoms in total. The molecule has 0 spiro atoms. The standard InChI is InChI=1S/C14H13NO3/c1-17-13-8-4-7-12(15-13)10-5-3-6-11(9-10)14(16)18-2/h3-9H,1-2H3. The number of esters is 1. The average molecular weight is 243 g/mol. The lowest BCUT2D eigenvalue weighted by atomic mass is 10.1. The van der Waals surface area contributed by atoms with Crippen molar-refractivity contribution in [2.24, 2.45) is 0 Å². The molecule has 0 radical (unpaired) electrons. The third-order valence-electron chi connectivity index (χ3n) is 2.51. The van der Waals surface area contributed by atoms with Gasteiger partial charge in [0.2, 0.25) is 5.88 Å². The summed E-state index contributed by atoms with van der Waals surface area (Å²) in [6, 6.07) is 12.6. The van der Waals surface area contributed by atoms with Gasteiger partial charge in [-0.2, -0.15) is 0 Å². The van der Waals surface area contributed by atoms with Crippen LogP contribution < -0.4 is 4.74 Å². The van der Waals surface area contributed by atoms with Gasteiger partial charge < -0.3 is 9.47 Å².